The van der Waals surface area contributed by atoms with E-state index < -0.39 is 0 Å². The monoisotopic (exact) mass is 995 g/mol. The van der Waals surface area contributed by atoms with E-state index in [1.165, 1.54) is 122 Å². The molecule has 10 heteroatoms. The predicted octanol–water partition coefficient (Wildman–Crippen LogP) is 15.3. The summed E-state index contributed by atoms with van der Waals surface area (Å²) in [6.07, 6.45) is 28.1. The predicted molar refractivity (Wildman–Crippen MR) is 296 cm³/mol. The molecule has 0 radical (unpaired) electrons. The Morgan fingerprint density at radius 3 is 1.13 bits per heavy atom. The molecule has 0 aromatic rings. The number of hydrogen-bond donors (Lipinski definition) is 0. The van der Waals surface area contributed by atoms with Crippen LogP contribution in [0.2, 0.25) is 0 Å². The number of methoxy groups -OCH3 is 10. The molecule has 10 nitrogen and oxygen atoms in total. The molecule has 0 heterocycles. The van der Waals surface area contributed by atoms with Crippen LogP contribution in [-0.2, 0) is 47.4 Å². The number of ether oxygens (including phenoxy) is 10. The standard InChI is InChI=1S/C10H20O.2C8H16O.2C7H14O.C6H12O.C5H12O.C4H10O.2C2H6O/c1-9(2)6-7-10(3,4)8(9)11-5;1-8(2)6-4-5-7(8)9-3;1-7-4-3-5-8(7)6-9-2;1-6-4-3-5-7(6)8-2;1-8-6-7-4-2-3-5-7;1-7-6-4-2-3-5-6;1-5(2,3)6-4;1-4(2)5-3;2*1-3-2/h8H,6-7H2,1-5H3;7H,4-6H2,1-3H3;7-8H,3-6H2,1-2H3;6-7H,3-5H2,1-2H3;7H,2-6H2,1H3;6H,2-5H2,1H3;1-4H3;4H,1-3H3;2*1-2H3. The molecule has 422 valence electrons. The molecule has 0 amide bonds. The first-order valence-corrected chi connectivity index (χ1v) is 27.3. The van der Waals surface area contributed by atoms with Crippen molar-refractivity contribution in [3.05, 3.63) is 0 Å². The molecule has 6 fully saturated rings. The van der Waals surface area contributed by atoms with Gasteiger partial charge in [-0.25, -0.2) is 0 Å². The van der Waals surface area contributed by atoms with E-state index in [-0.39, 0.29) is 5.60 Å². The normalized spacial score (nSPS) is 25.2. The molecular formula is C59H126O10. The fourth-order valence-corrected chi connectivity index (χ4v) is 10.0. The summed E-state index contributed by atoms with van der Waals surface area (Å²) < 4.78 is 49.5. The van der Waals surface area contributed by atoms with Crippen LogP contribution in [-0.4, -0.2) is 135 Å². The van der Waals surface area contributed by atoms with Gasteiger partial charge in [0, 0.05) is 98.5 Å². The highest BCUT2D eigenvalue weighted by Gasteiger charge is 2.47. The number of rotatable bonds is 9. The molecule has 6 rings (SSSR count). The van der Waals surface area contributed by atoms with Crippen LogP contribution in [0.25, 0.3) is 0 Å². The van der Waals surface area contributed by atoms with Gasteiger partial charge in [-0.15, -0.1) is 0 Å². The van der Waals surface area contributed by atoms with Crippen molar-refractivity contribution in [2.45, 2.75) is 248 Å². The smallest absolute Gasteiger partial charge is 0.0673 e. The average molecular weight is 996 g/mol. The van der Waals surface area contributed by atoms with Crippen LogP contribution in [0.4, 0.5) is 0 Å². The summed E-state index contributed by atoms with van der Waals surface area (Å²) in [5, 5.41) is 0. The maximum atomic E-state index is 5.54. The average Bonchev–Trinajstić information content (AvgIpc) is 4.17. The number of hydrogen-bond acceptors (Lipinski definition) is 10. The summed E-state index contributed by atoms with van der Waals surface area (Å²) >= 11 is 0. The van der Waals surface area contributed by atoms with Crippen LogP contribution in [0.1, 0.15) is 212 Å². The molecule has 6 aliphatic rings. The molecule has 69 heavy (non-hydrogen) atoms. The highest BCUT2D eigenvalue weighted by atomic mass is 16.5. The van der Waals surface area contributed by atoms with E-state index in [4.69, 9.17) is 37.9 Å². The largest absolute Gasteiger partial charge is 0.388 e. The molecule has 0 spiro atoms. The van der Waals surface area contributed by atoms with Crippen LogP contribution in [0.15, 0.2) is 0 Å². The van der Waals surface area contributed by atoms with Crippen molar-refractivity contribution in [3.63, 3.8) is 0 Å². The minimum absolute atomic E-state index is 0.0417. The van der Waals surface area contributed by atoms with Crippen LogP contribution in [0.3, 0.4) is 0 Å². The van der Waals surface area contributed by atoms with Crippen LogP contribution >= 0.6 is 0 Å². The van der Waals surface area contributed by atoms with E-state index in [0.717, 1.165) is 36.9 Å². The van der Waals surface area contributed by atoms with E-state index >= 15 is 0 Å². The molecule has 5 atom stereocenters. The second-order valence-electron chi connectivity index (χ2n) is 23.7. The second-order valence-corrected chi connectivity index (χ2v) is 23.7. The highest BCUT2D eigenvalue weighted by Crippen LogP contribution is 2.50. The lowest BCUT2D eigenvalue weighted by Crippen LogP contribution is -2.35. The van der Waals surface area contributed by atoms with Crippen LogP contribution in [0.5, 0.6) is 0 Å². The quantitative estimate of drug-likeness (QED) is 0.222. The molecular weight excluding hydrogens is 869 g/mol. The van der Waals surface area contributed by atoms with E-state index in [2.05, 4.69) is 64.9 Å². The van der Waals surface area contributed by atoms with Gasteiger partial charge in [0.15, 0.2) is 0 Å². The molecule has 0 aliphatic heterocycles. The molecule has 0 N–H and O–H groups in total. The second kappa shape index (κ2) is 45.0. The van der Waals surface area contributed by atoms with Crippen molar-refractivity contribution in [3.8, 4) is 0 Å². The fraction of sp³-hybridized carbons (Fsp3) is 1.00. The molecule has 0 aromatic heterocycles. The van der Waals surface area contributed by atoms with E-state index in [1.54, 1.807) is 64.0 Å². The Morgan fingerprint density at radius 2 is 0.899 bits per heavy atom. The minimum Gasteiger partial charge on any atom is -0.388 e. The zero-order valence-corrected chi connectivity index (χ0v) is 51.1. The maximum absolute atomic E-state index is 5.54. The van der Waals surface area contributed by atoms with Gasteiger partial charge in [-0.05, 0) is 145 Å². The lowest BCUT2D eigenvalue weighted by Gasteiger charge is -2.33. The van der Waals surface area contributed by atoms with Gasteiger partial charge in [-0.2, -0.15) is 0 Å². The molecule has 6 aliphatic carbocycles. The maximum Gasteiger partial charge on any atom is 0.0673 e. The Labute approximate surface area is 432 Å². The van der Waals surface area contributed by atoms with Crippen molar-refractivity contribution < 1.29 is 47.4 Å². The van der Waals surface area contributed by atoms with Gasteiger partial charge in [-0.3, -0.25) is 0 Å². The Morgan fingerprint density at radius 1 is 0.464 bits per heavy atom. The molecule has 6 saturated carbocycles. The van der Waals surface area contributed by atoms with Gasteiger partial charge in [0.2, 0.25) is 0 Å². The van der Waals surface area contributed by atoms with Gasteiger partial charge < -0.3 is 47.4 Å². The summed E-state index contributed by atoms with van der Waals surface area (Å²) in [5.74, 6) is 3.46. The van der Waals surface area contributed by atoms with Crippen molar-refractivity contribution in [2.24, 2.45) is 39.9 Å². The van der Waals surface area contributed by atoms with Gasteiger partial charge in [0.25, 0.3) is 0 Å². The van der Waals surface area contributed by atoms with E-state index in [0.29, 0.717) is 46.8 Å². The topological polar surface area (TPSA) is 92.3 Å². The summed E-state index contributed by atoms with van der Waals surface area (Å²) in [4.78, 5) is 0. The first kappa shape index (κ1) is 75.1. The zero-order chi connectivity index (χ0) is 54.1. The van der Waals surface area contributed by atoms with Crippen molar-refractivity contribution in [2.75, 3.05) is 98.5 Å². The van der Waals surface area contributed by atoms with Gasteiger partial charge in [-0.1, -0.05) is 107 Å². The Balaban J connectivity index is -0.000000347. The lowest BCUT2D eigenvalue weighted by atomic mass is 9.81. The summed E-state index contributed by atoms with van der Waals surface area (Å²) in [6, 6.07) is 0. The third kappa shape index (κ3) is 40.6. The molecule has 0 aromatic carbocycles. The lowest BCUT2D eigenvalue weighted by molar-refractivity contribution is -0.0291. The summed E-state index contributed by atoms with van der Waals surface area (Å²) in [5.41, 5.74) is 1.23. The molecule has 5 unspecified atom stereocenters. The third-order valence-electron chi connectivity index (χ3n) is 14.6. The first-order valence-electron chi connectivity index (χ1n) is 27.3. The van der Waals surface area contributed by atoms with Crippen molar-refractivity contribution >= 4 is 0 Å². The highest BCUT2D eigenvalue weighted by molar-refractivity contribution is 4.97. The van der Waals surface area contributed by atoms with E-state index in [9.17, 15) is 0 Å². The van der Waals surface area contributed by atoms with Crippen LogP contribution < -0.4 is 0 Å². The Bertz CT molecular complexity index is 1030. The Kier molecular flexibility index (Phi) is 49.0. The first-order chi connectivity index (χ1) is 32.3. The van der Waals surface area contributed by atoms with Crippen LogP contribution in [0, 0.1) is 39.9 Å². The molecule has 0 saturated heterocycles. The summed E-state index contributed by atoms with van der Waals surface area (Å²) in [7, 11) is 20.8. The minimum atomic E-state index is 0.0417. The SMILES string of the molecule is COC.COC.COC(C)(C)C.COC(C)C.COC1C(C)(C)CCC1(C)C.COC1CCCC1.COC1CCCC1(C)C.COC1CCCC1C.COCC1CCCC1.COCC1CCCC1C. The third-order valence-corrected chi connectivity index (χ3v) is 14.6. The van der Waals surface area contributed by atoms with Gasteiger partial charge in [0.05, 0.1) is 36.1 Å². The Hall–Kier alpha value is -0.400. The van der Waals surface area contributed by atoms with Gasteiger partial charge >= 0.3 is 0 Å². The zero-order valence-electron chi connectivity index (χ0n) is 51.1. The van der Waals surface area contributed by atoms with Crippen molar-refractivity contribution in [1.82, 2.24) is 0 Å². The van der Waals surface area contributed by atoms with Gasteiger partial charge in [0.1, 0.15) is 0 Å². The molecule has 0 bridgehead atoms. The van der Waals surface area contributed by atoms with Crippen molar-refractivity contribution in [1.29, 1.82) is 0 Å². The van der Waals surface area contributed by atoms with E-state index in [1.807, 2.05) is 55.9 Å². The fourth-order valence-electron chi connectivity index (χ4n) is 10.0. The summed E-state index contributed by atoms with van der Waals surface area (Å²) in [6.45, 7) is 30.4.